The molecule has 0 aliphatic rings. The highest BCUT2D eigenvalue weighted by atomic mass is 16.5. The first kappa shape index (κ1) is 9.02. The minimum Gasteiger partial charge on any atom is -0.402 e. The summed E-state index contributed by atoms with van der Waals surface area (Å²) >= 11 is 0. The Hall–Kier alpha value is -0.975. The smallest absolute Gasteiger partial charge is 0.402 e. The van der Waals surface area contributed by atoms with Gasteiger partial charge in [0.05, 0.1) is 0 Å². The molecule has 0 atom stereocenters. The Labute approximate surface area is 58.2 Å². The standard InChI is InChI=1S/C4H4N2.BH3O3/c1-2-6-4-3-5-1;2-1(3)4/h1-4H;2-4H. The molecule has 3 N–H and O–H groups in total. The third kappa shape index (κ3) is 10.1. The van der Waals surface area contributed by atoms with E-state index in [0.29, 0.717) is 0 Å². The van der Waals surface area contributed by atoms with Crippen molar-refractivity contribution >= 4 is 7.32 Å². The van der Waals surface area contributed by atoms with Gasteiger partial charge in [0.2, 0.25) is 0 Å². The van der Waals surface area contributed by atoms with Crippen LogP contribution in [-0.2, 0) is 0 Å². The van der Waals surface area contributed by atoms with Crippen LogP contribution in [0.3, 0.4) is 0 Å². The molecular weight excluding hydrogens is 135 g/mol. The zero-order valence-corrected chi connectivity index (χ0v) is 5.12. The van der Waals surface area contributed by atoms with Crippen LogP contribution in [0.25, 0.3) is 0 Å². The van der Waals surface area contributed by atoms with Gasteiger partial charge in [-0.15, -0.1) is 0 Å². The molecule has 1 aromatic rings. The third-order valence-electron chi connectivity index (χ3n) is 0.478. The number of hydrogen-bond donors (Lipinski definition) is 3. The fraction of sp³-hybridized carbons (Fsp3) is 0. The first-order chi connectivity index (χ1) is 4.73. The van der Waals surface area contributed by atoms with E-state index in [-0.39, 0.29) is 0 Å². The predicted molar refractivity (Wildman–Crippen MR) is 34.4 cm³/mol. The average molecular weight is 142 g/mol. The van der Waals surface area contributed by atoms with Crippen LogP contribution in [0.5, 0.6) is 0 Å². The summed E-state index contributed by atoms with van der Waals surface area (Å²) in [5.41, 5.74) is 0. The SMILES string of the molecule is OB(O)O.c1cnccn1. The lowest BCUT2D eigenvalue weighted by Crippen LogP contribution is -2.07. The summed E-state index contributed by atoms with van der Waals surface area (Å²) in [5.74, 6) is 0. The van der Waals surface area contributed by atoms with E-state index in [2.05, 4.69) is 9.97 Å². The highest BCUT2D eigenvalue weighted by Gasteiger charge is 1.92. The first-order valence-electron chi connectivity index (χ1n) is 2.47. The van der Waals surface area contributed by atoms with Crippen LogP contribution in [0.1, 0.15) is 0 Å². The van der Waals surface area contributed by atoms with E-state index in [1.165, 1.54) is 0 Å². The van der Waals surface area contributed by atoms with E-state index in [4.69, 9.17) is 15.1 Å². The van der Waals surface area contributed by atoms with Crippen LogP contribution in [0.15, 0.2) is 24.8 Å². The first-order valence-corrected chi connectivity index (χ1v) is 2.47. The summed E-state index contributed by atoms with van der Waals surface area (Å²) in [6.07, 6.45) is 6.56. The van der Waals surface area contributed by atoms with E-state index < -0.39 is 7.32 Å². The summed E-state index contributed by atoms with van der Waals surface area (Å²) in [6.45, 7) is 0. The number of rotatable bonds is 0. The van der Waals surface area contributed by atoms with Crippen molar-refractivity contribution in [3.05, 3.63) is 24.8 Å². The van der Waals surface area contributed by atoms with Crippen LogP contribution in [0.4, 0.5) is 0 Å². The van der Waals surface area contributed by atoms with Crippen LogP contribution >= 0.6 is 0 Å². The zero-order valence-electron chi connectivity index (χ0n) is 5.12. The Kier molecular flexibility index (Phi) is 5.55. The van der Waals surface area contributed by atoms with Gasteiger partial charge in [0.25, 0.3) is 0 Å². The molecule has 0 bridgehead atoms. The van der Waals surface area contributed by atoms with Gasteiger partial charge < -0.3 is 15.1 Å². The molecule has 6 heteroatoms. The monoisotopic (exact) mass is 142 g/mol. The summed E-state index contributed by atoms with van der Waals surface area (Å²) in [6, 6.07) is 0. The van der Waals surface area contributed by atoms with Crippen molar-refractivity contribution in [2.24, 2.45) is 0 Å². The van der Waals surface area contributed by atoms with Crippen molar-refractivity contribution in [2.45, 2.75) is 0 Å². The van der Waals surface area contributed by atoms with Crippen molar-refractivity contribution in [1.82, 2.24) is 9.97 Å². The van der Waals surface area contributed by atoms with Gasteiger partial charge in [0.15, 0.2) is 0 Å². The van der Waals surface area contributed by atoms with Crippen molar-refractivity contribution in [3.63, 3.8) is 0 Å². The Morgan fingerprint density at radius 2 is 1.00 bits per heavy atom. The molecule has 0 saturated carbocycles. The molecule has 0 amide bonds. The largest absolute Gasteiger partial charge is 0.631 e. The van der Waals surface area contributed by atoms with Crippen molar-refractivity contribution in [3.8, 4) is 0 Å². The van der Waals surface area contributed by atoms with E-state index in [9.17, 15) is 0 Å². The minimum absolute atomic E-state index is 1.64. The molecule has 1 aromatic heterocycles. The molecule has 54 valence electrons. The fourth-order valence-corrected chi connectivity index (χ4v) is 0.253. The number of aromatic nitrogens is 2. The fourth-order valence-electron chi connectivity index (χ4n) is 0.253. The van der Waals surface area contributed by atoms with Crippen LogP contribution in [-0.4, -0.2) is 32.4 Å². The molecule has 0 fully saturated rings. The van der Waals surface area contributed by atoms with Gasteiger partial charge in [-0.3, -0.25) is 9.97 Å². The second-order valence-corrected chi connectivity index (χ2v) is 1.24. The molecule has 0 spiro atoms. The topological polar surface area (TPSA) is 86.5 Å². The number of nitrogens with zero attached hydrogens (tertiary/aromatic N) is 2. The Morgan fingerprint density at radius 1 is 0.800 bits per heavy atom. The maximum Gasteiger partial charge on any atom is 0.631 e. The molecule has 0 radical (unpaired) electrons. The van der Waals surface area contributed by atoms with Crippen molar-refractivity contribution < 1.29 is 15.1 Å². The maximum absolute atomic E-state index is 7.17. The van der Waals surface area contributed by atoms with Gasteiger partial charge >= 0.3 is 7.32 Å². The van der Waals surface area contributed by atoms with E-state index >= 15 is 0 Å². The molecule has 0 aromatic carbocycles. The van der Waals surface area contributed by atoms with E-state index in [0.717, 1.165) is 0 Å². The van der Waals surface area contributed by atoms with Crippen LogP contribution in [0, 0.1) is 0 Å². The number of hydrogen-bond acceptors (Lipinski definition) is 5. The van der Waals surface area contributed by atoms with Gasteiger partial charge in [-0.25, -0.2) is 0 Å². The Morgan fingerprint density at radius 3 is 1.10 bits per heavy atom. The summed E-state index contributed by atoms with van der Waals surface area (Å²) in [4.78, 5) is 7.44. The maximum atomic E-state index is 7.17. The molecule has 0 unspecified atom stereocenters. The predicted octanol–water partition coefficient (Wildman–Crippen LogP) is -1.58. The van der Waals surface area contributed by atoms with E-state index in [1.54, 1.807) is 24.8 Å². The second-order valence-electron chi connectivity index (χ2n) is 1.24. The Bertz CT molecular complexity index is 119. The van der Waals surface area contributed by atoms with Gasteiger partial charge in [0, 0.05) is 24.8 Å². The van der Waals surface area contributed by atoms with Gasteiger partial charge in [-0.1, -0.05) is 0 Å². The lowest BCUT2D eigenvalue weighted by Gasteiger charge is -1.70. The van der Waals surface area contributed by atoms with Crippen molar-refractivity contribution in [2.75, 3.05) is 0 Å². The van der Waals surface area contributed by atoms with Crippen molar-refractivity contribution in [1.29, 1.82) is 0 Å². The zero-order chi connectivity index (χ0) is 7.82. The third-order valence-corrected chi connectivity index (χ3v) is 0.478. The molecule has 10 heavy (non-hydrogen) atoms. The molecule has 0 saturated heterocycles. The highest BCUT2D eigenvalue weighted by Crippen LogP contribution is 1.65. The summed E-state index contributed by atoms with van der Waals surface area (Å²) in [5, 5.41) is 21.5. The van der Waals surface area contributed by atoms with Gasteiger partial charge in [-0.2, -0.15) is 0 Å². The molecule has 1 heterocycles. The lowest BCUT2D eigenvalue weighted by molar-refractivity contribution is 0.278. The van der Waals surface area contributed by atoms with Crippen LogP contribution < -0.4 is 0 Å². The summed E-state index contributed by atoms with van der Waals surface area (Å²) < 4.78 is 0. The van der Waals surface area contributed by atoms with E-state index in [1.807, 2.05) is 0 Å². The molecule has 0 aliphatic heterocycles. The van der Waals surface area contributed by atoms with Gasteiger partial charge in [-0.05, 0) is 0 Å². The average Bonchev–Trinajstić information content (AvgIpc) is 1.90. The van der Waals surface area contributed by atoms with Gasteiger partial charge in [0.1, 0.15) is 0 Å². The minimum atomic E-state index is -2.17. The molecule has 5 nitrogen and oxygen atoms in total. The normalized spacial score (nSPS) is 7.50. The molecule has 1 rings (SSSR count). The summed E-state index contributed by atoms with van der Waals surface area (Å²) in [7, 11) is -2.17. The molecular formula is C4H7BN2O3. The highest BCUT2D eigenvalue weighted by molar-refractivity contribution is 6.30. The van der Waals surface area contributed by atoms with Crippen LogP contribution in [0.2, 0.25) is 0 Å². The quantitative estimate of drug-likeness (QED) is 0.380. The molecule has 0 aliphatic carbocycles. The lowest BCUT2D eigenvalue weighted by atomic mass is 10.3. The Balaban J connectivity index is 0.000000180. The second kappa shape index (κ2) is 6.15.